The van der Waals surface area contributed by atoms with Crippen LogP contribution in [0, 0.1) is 13.8 Å². The number of nitrogens with one attached hydrogen (secondary N) is 2. The van der Waals surface area contributed by atoms with Gasteiger partial charge in [0.15, 0.2) is 0 Å². The Balaban J connectivity index is 1.89. The van der Waals surface area contributed by atoms with E-state index in [9.17, 15) is 0 Å². The highest BCUT2D eigenvalue weighted by Gasteiger charge is 2.11. The van der Waals surface area contributed by atoms with E-state index >= 15 is 0 Å². The Morgan fingerprint density at radius 2 is 1.63 bits per heavy atom. The van der Waals surface area contributed by atoms with Crippen LogP contribution in [0.15, 0.2) is 42.6 Å². The van der Waals surface area contributed by atoms with Gasteiger partial charge in [-0.2, -0.15) is 4.98 Å². The Kier molecular flexibility index (Phi) is 5.66. The number of halogens is 1. The molecule has 1 aromatic heterocycles. The molecule has 3 rings (SSSR count). The number of benzene rings is 2. The molecule has 0 radical (unpaired) electrons. The molecule has 0 fully saturated rings. The molecular formula is C20H21ClN4O2. The highest BCUT2D eigenvalue weighted by Crippen LogP contribution is 2.37. The van der Waals surface area contributed by atoms with Crippen molar-refractivity contribution in [3.8, 4) is 11.5 Å². The Morgan fingerprint density at radius 1 is 0.926 bits per heavy atom. The highest BCUT2D eigenvalue weighted by molar-refractivity contribution is 6.32. The molecule has 1 heterocycles. The van der Waals surface area contributed by atoms with Gasteiger partial charge < -0.3 is 20.1 Å². The molecule has 27 heavy (non-hydrogen) atoms. The Bertz CT molecular complexity index is 942. The van der Waals surface area contributed by atoms with E-state index in [0.717, 1.165) is 16.8 Å². The number of aromatic nitrogens is 2. The first kappa shape index (κ1) is 18.8. The first-order valence-electron chi connectivity index (χ1n) is 8.36. The minimum absolute atomic E-state index is 0.472. The van der Waals surface area contributed by atoms with Gasteiger partial charge in [0.05, 0.1) is 24.9 Å². The van der Waals surface area contributed by atoms with Crippen LogP contribution in [0.3, 0.4) is 0 Å². The van der Waals surface area contributed by atoms with Crippen molar-refractivity contribution in [2.75, 3.05) is 24.9 Å². The van der Waals surface area contributed by atoms with Gasteiger partial charge in [0.25, 0.3) is 0 Å². The predicted molar refractivity (Wildman–Crippen MR) is 109 cm³/mol. The molecule has 0 unspecified atom stereocenters. The highest BCUT2D eigenvalue weighted by atomic mass is 35.5. The summed E-state index contributed by atoms with van der Waals surface area (Å²) >= 11 is 6.16. The second kappa shape index (κ2) is 8.14. The summed E-state index contributed by atoms with van der Waals surface area (Å²) in [4.78, 5) is 8.85. The van der Waals surface area contributed by atoms with Gasteiger partial charge in [-0.1, -0.05) is 29.8 Å². The van der Waals surface area contributed by atoms with Gasteiger partial charge in [0.2, 0.25) is 5.95 Å². The minimum Gasteiger partial charge on any atom is -0.495 e. The van der Waals surface area contributed by atoms with Crippen LogP contribution in [0.4, 0.5) is 23.1 Å². The van der Waals surface area contributed by atoms with Crippen molar-refractivity contribution < 1.29 is 9.47 Å². The van der Waals surface area contributed by atoms with Gasteiger partial charge in [0, 0.05) is 24.0 Å². The van der Waals surface area contributed by atoms with E-state index in [4.69, 9.17) is 21.1 Å². The summed E-state index contributed by atoms with van der Waals surface area (Å²) in [6.45, 7) is 4.09. The van der Waals surface area contributed by atoms with Crippen molar-refractivity contribution in [1.29, 1.82) is 0 Å². The van der Waals surface area contributed by atoms with Crippen molar-refractivity contribution in [2.24, 2.45) is 0 Å². The molecule has 3 aromatic rings. The van der Waals surface area contributed by atoms with Crippen LogP contribution in [-0.4, -0.2) is 24.2 Å². The van der Waals surface area contributed by atoms with Crippen molar-refractivity contribution >= 4 is 34.7 Å². The van der Waals surface area contributed by atoms with Crippen molar-refractivity contribution in [3.63, 3.8) is 0 Å². The number of nitrogens with zero attached hydrogens (tertiary/aromatic N) is 2. The molecule has 0 aliphatic carbocycles. The van der Waals surface area contributed by atoms with Gasteiger partial charge >= 0.3 is 0 Å². The molecule has 0 spiro atoms. The van der Waals surface area contributed by atoms with Crippen LogP contribution in [0.2, 0.25) is 5.02 Å². The summed E-state index contributed by atoms with van der Waals surface area (Å²) < 4.78 is 10.7. The molecule has 2 N–H and O–H groups in total. The number of anilines is 4. The Labute approximate surface area is 163 Å². The van der Waals surface area contributed by atoms with Gasteiger partial charge in [-0.15, -0.1) is 0 Å². The molecule has 2 aromatic carbocycles. The third-order valence-corrected chi connectivity index (χ3v) is 4.41. The standard InChI is InChI=1S/C20H21ClN4O2/c1-12-6-5-7-13(2)19(12)25-20-22-9-8-18(24-20)23-15-11-16(26-3)14(21)10-17(15)27-4/h5-11H,1-4H3,(H2,22,23,24,25). The van der Waals surface area contributed by atoms with Crippen molar-refractivity contribution in [3.05, 3.63) is 58.7 Å². The van der Waals surface area contributed by atoms with E-state index in [0.29, 0.717) is 34.0 Å². The van der Waals surface area contributed by atoms with E-state index < -0.39 is 0 Å². The van der Waals surface area contributed by atoms with Crippen molar-refractivity contribution in [1.82, 2.24) is 9.97 Å². The van der Waals surface area contributed by atoms with E-state index in [1.807, 2.05) is 32.0 Å². The quantitative estimate of drug-likeness (QED) is 0.604. The van der Waals surface area contributed by atoms with Gasteiger partial charge in [-0.05, 0) is 31.0 Å². The lowest BCUT2D eigenvalue weighted by molar-refractivity contribution is 0.405. The molecule has 7 heteroatoms. The number of para-hydroxylation sites is 1. The molecule has 0 saturated carbocycles. The maximum Gasteiger partial charge on any atom is 0.229 e. The smallest absolute Gasteiger partial charge is 0.229 e. The lowest BCUT2D eigenvalue weighted by Crippen LogP contribution is -2.03. The molecule has 6 nitrogen and oxygen atoms in total. The summed E-state index contributed by atoms with van der Waals surface area (Å²) in [6.07, 6.45) is 1.69. The maximum atomic E-state index is 6.16. The molecule has 0 aliphatic heterocycles. The Hall–Kier alpha value is -2.99. The van der Waals surface area contributed by atoms with Crippen LogP contribution in [0.1, 0.15) is 11.1 Å². The average Bonchev–Trinajstić information content (AvgIpc) is 2.66. The topological polar surface area (TPSA) is 68.3 Å². The lowest BCUT2D eigenvalue weighted by atomic mass is 10.1. The zero-order valence-corrected chi connectivity index (χ0v) is 16.4. The molecular weight excluding hydrogens is 364 g/mol. The monoisotopic (exact) mass is 384 g/mol. The van der Waals surface area contributed by atoms with Crippen LogP contribution < -0.4 is 20.1 Å². The number of methoxy groups -OCH3 is 2. The van der Waals surface area contributed by atoms with Crippen LogP contribution in [0.25, 0.3) is 0 Å². The number of hydrogen-bond donors (Lipinski definition) is 2. The van der Waals surface area contributed by atoms with Crippen molar-refractivity contribution in [2.45, 2.75) is 13.8 Å². The number of ether oxygens (including phenoxy) is 2. The van der Waals surface area contributed by atoms with Crippen LogP contribution in [-0.2, 0) is 0 Å². The third kappa shape index (κ3) is 4.23. The van der Waals surface area contributed by atoms with Gasteiger partial charge in [-0.25, -0.2) is 4.98 Å². The number of hydrogen-bond acceptors (Lipinski definition) is 6. The zero-order valence-electron chi connectivity index (χ0n) is 15.6. The summed E-state index contributed by atoms with van der Waals surface area (Å²) in [5.41, 5.74) is 3.94. The number of rotatable bonds is 6. The summed E-state index contributed by atoms with van der Waals surface area (Å²) in [7, 11) is 3.14. The first-order chi connectivity index (χ1) is 13.0. The van der Waals surface area contributed by atoms with E-state index in [1.165, 1.54) is 0 Å². The molecule has 0 aliphatic rings. The SMILES string of the molecule is COc1cc(Nc2ccnc(Nc3c(C)cccc3C)n2)c(OC)cc1Cl. The van der Waals surface area contributed by atoms with Crippen LogP contribution >= 0.6 is 11.6 Å². The lowest BCUT2D eigenvalue weighted by Gasteiger charge is -2.15. The summed E-state index contributed by atoms with van der Waals surface area (Å²) in [5.74, 6) is 2.24. The largest absolute Gasteiger partial charge is 0.495 e. The molecule has 0 atom stereocenters. The molecule has 0 bridgehead atoms. The minimum atomic E-state index is 0.472. The second-order valence-corrected chi connectivity index (χ2v) is 6.38. The summed E-state index contributed by atoms with van der Waals surface area (Å²) in [6, 6.07) is 11.3. The molecule has 140 valence electrons. The number of aryl methyl sites for hydroxylation is 2. The molecule has 0 amide bonds. The third-order valence-electron chi connectivity index (χ3n) is 4.11. The second-order valence-electron chi connectivity index (χ2n) is 5.97. The average molecular weight is 385 g/mol. The van der Waals surface area contributed by atoms with E-state index in [1.54, 1.807) is 38.6 Å². The normalized spacial score (nSPS) is 10.4. The van der Waals surface area contributed by atoms with E-state index in [2.05, 4.69) is 20.6 Å². The van der Waals surface area contributed by atoms with Crippen LogP contribution in [0.5, 0.6) is 11.5 Å². The zero-order chi connectivity index (χ0) is 19.4. The first-order valence-corrected chi connectivity index (χ1v) is 8.74. The predicted octanol–water partition coefficient (Wildman–Crippen LogP) is 5.25. The fourth-order valence-corrected chi connectivity index (χ4v) is 2.94. The maximum absolute atomic E-state index is 6.16. The fraction of sp³-hybridized carbons (Fsp3) is 0.200. The van der Waals surface area contributed by atoms with Gasteiger partial charge in [-0.3, -0.25) is 0 Å². The molecule has 0 saturated heterocycles. The van der Waals surface area contributed by atoms with E-state index in [-0.39, 0.29) is 0 Å². The Morgan fingerprint density at radius 3 is 2.30 bits per heavy atom. The van der Waals surface area contributed by atoms with Gasteiger partial charge in [0.1, 0.15) is 17.3 Å². The summed E-state index contributed by atoms with van der Waals surface area (Å²) in [5, 5.41) is 6.99. The fourth-order valence-electron chi connectivity index (χ4n) is 2.71.